The first kappa shape index (κ1) is 22.3. The van der Waals surface area contributed by atoms with Gasteiger partial charge in [0.15, 0.2) is 0 Å². The fraction of sp³-hybridized carbons (Fsp3) is 0.647. The van der Waals surface area contributed by atoms with Crippen LogP contribution in [0.3, 0.4) is 0 Å². The van der Waals surface area contributed by atoms with Gasteiger partial charge in [-0.2, -0.15) is 0 Å². The molecular weight excluding hydrogens is 335 g/mol. The number of hydrogen-bond acceptors (Lipinski definition) is 4. The van der Waals surface area contributed by atoms with Crippen LogP contribution < -0.4 is 14.8 Å². The summed E-state index contributed by atoms with van der Waals surface area (Å²) in [6.45, 7) is 8.83. The molecule has 1 heterocycles. The van der Waals surface area contributed by atoms with E-state index in [0.29, 0.717) is 12.0 Å². The summed E-state index contributed by atoms with van der Waals surface area (Å²) < 4.78 is 11.0. The molecule has 0 amide bonds. The Morgan fingerprint density at radius 3 is 2.26 bits per heavy atom. The van der Waals surface area contributed by atoms with E-state index in [4.69, 9.17) is 9.47 Å². The maximum Gasteiger partial charge on any atom is 0.123 e. The summed E-state index contributed by atoms with van der Waals surface area (Å²) >= 11 is 0. The molecule has 0 unspecified atom stereocenters. The van der Waals surface area contributed by atoms with E-state index >= 15 is 0 Å². The normalized spacial score (nSPS) is 16.2. The van der Waals surface area contributed by atoms with Gasteiger partial charge in [0, 0.05) is 37.8 Å². The van der Waals surface area contributed by atoms with Crippen molar-refractivity contribution in [2.45, 2.75) is 26.3 Å². The second-order valence-corrected chi connectivity index (χ2v) is 6.04. The largest absolute Gasteiger partial charge is 0.497 e. The van der Waals surface area contributed by atoms with Gasteiger partial charge in [-0.3, -0.25) is 4.90 Å². The smallest absolute Gasteiger partial charge is 0.123 e. The first-order valence-electron chi connectivity index (χ1n) is 7.82. The van der Waals surface area contributed by atoms with Crippen LogP contribution in [0, 0.1) is 5.92 Å². The van der Waals surface area contributed by atoms with E-state index in [1.54, 1.807) is 14.2 Å². The van der Waals surface area contributed by atoms with Crippen molar-refractivity contribution in [1.29, 1.82) is 0 Å². The number of methoxy groups -OCH3 is 2. The Labute approximate surface area is 152 Å². The highest BCUT2D eigenvalue weighted by Crippen LogP contribution is 2.36. The first-order valence-corrected chi connectivity index (χ1v) is 7.82. The van der Waals surface area contributed by atoms with Gasteiger partial charge in [-0.25, -0.2) is 0 Å². The average molecular weight is 365 g/mol. The van der Waals surface area contributed by atoms with E-state index in [1.807, 2.05) is 12.1 Å². The Kier molecular flexibility index (Phi) is 10.7. The Hall–Kier alpha value is -0.680. The van der Waals surface area contributed by atoms with Crippen LogP contribution >= 0.6 is 24.8 Å². The van der Waals surface area contributed by atoms with E-state index in [2.05, 4.69) is 30.1 Å². The number of piperazine rings is 1. The van der Waals surface area contributed by atoms with Crippen molar-refractivity contribution in [2.24, 2.45) is 5.92 Å². The molecule has 134 valence electrons. The van der Waals surface area contributed by atoms with Gasteiger partial charge in [0.05, 0.1) is 14.2 Å². The second-order valence-electron chi connectivity index (χ2n) is 6.04. The molecule has 0 aliphatic carbocycles. The van der Waals surface area contributed by atoms with E-state index in [-0.39, 0.29) is 24.8 Å². The number of rotatable bonds is 6. The molecule has 1 aliphatic heterocycles. The van der Waals surface area contributed by atoms with Gasteiger partial charge in [0.2, 0.25) is 0 Å². The molecular formula is C17H30Cl2N2O2. The van der Waals surface area contributed by atoms with Crippen molar-refractivity contribution in [3.8, 4) is 11.5 Å². The number of hydrogen-bond donors (Lipinski definition) is 1. The molecule has 1 atom stereocenters. The average Bonchev–Trinajstić information content (AvgIpc) is 2.52. The molecule has 0 saturated carbocycles. The van der Waals surface area contributed by atoms with Crippen LogP contribution in [-0.2, 0) is 0 Å². The molecule has 2 rings (SSSR count). The monoisotopic (exact) mass is 364 g/mol. The summed E-state index contributed by atoms with van der Waals surface area (Å²) in [6.07, 6.45) is 1.13. The first-order chi connectivity index (χ1) is 10.2. The van der Waals surface area contributed by atoms with Gasteiger partial charge in [0.1, 0.15) is 11.5 Å². The van der Waals surface area contributed by atoms with E-state index < -0.39 is 0 Å². The minimum Gasteiger partial charge on any atom is -0.497 e. The summed E-state index contributed by atoms with van der Waals surface area (Å²) in [5.74, 6) is 2.50. The van der Waals surface area contributed by atoms with Gasteiger partial charge in [-0.05, 0) is 30.5 Å². The highest BCUT2D eigenvalue weighted by Gasteiger charge is 2.26. The summed E-state index contributed by atoms with van der Waals surface area (Å²) in [4.78, 5) is 2.56. The molecule has 0 bridgehead atoms. The van der Waals surface area contributed by atoms with Crippen LogP contribution in [0.25, 0.3) is 0 Å². The molecule has 23 heavy (non-hydrogen) atoms. The van der Waals surface area contributed by atoms with Gasteiger partial charge >= 0.3 is 0 Å². The lowest BCUT2D eigenvalue weighted by Crippen LogP contribution is -2.45. The van der Waals surface area contributed by atoms with Crippen LogP contribution in [0.5, 0.6) is 11.5 Å². The molecule has 1 aliphatic rings. The lowest BCUT2D eigenvalue weighted by molar-refractivity contribution is 0.151. The lowest BCUT2D eigenvalue weighted by Gasteiger charge is -2.36. The molecule has 1 aromatic rings. The van der Waals surface area contributed by atoms with E-state index in [1.165, 1.54) is 5.56 Å². The van der Waals surface area contributed by atoms with Crippen molar-refractivity contribution in [2.75, 3.05) is 40.4 Å². The maximum atomic E-state index is 5.60. The number of nitrogens with one attached hydrogen (secondary N) is 1. The third-order valence-corrected chi connectivity index (χ3v) is 4.08. The van der Waals surface area contributed by atoms with Gasteiger partial charge < -0.3 is 14.8 Å². The number of benzene rings is 1. The lowest BCUT2D eigenvalue weighted by atomic mass is 9.94. The Morgan fingerprint density at radius 1 is 1.09 bits per heavy atom. The highest BCUT2D eigenvalue weighted by molar-refractivity contribution is 5.85. The van der Waals surface area contributed by atoms with Crippen LogP contribution in [-0.4, -0.2) is 45.3 Å². The molecule has 0 radical (unpaired) electrons. The fourth-order valence-electron chi connectivity index (χ4n) is 3.01. The minimum absolute atomic E-state index is 0. The van der Waals surface area contributed by atoms with Gasteiger partial charge in [0.25, 0.3) is 0 Å². The fourth-order valence-corrected chi connectivity index (χ4v) is 3.01. The summed E-state index contributed by atoms with van der Waals surface area (Å²) in [5.41, 5.74) is 1.24. The zero-order valence-electron chi connectivity index (χ0n) is 14.5. The van der Waals surface area contributed by atoms with Crippen LogP contribution in [0.1, 0.15) is 31.9 Å². The zero-order chi connectivity index (χ0) is 15.2. The maximum absolute atomic E-state index is 5.60. The van der Waals surface area contributed by atoms with Crippen molar-refractivity contribution in [3.63, 3.8) is 0 Å². The summed E-state index contributed by atoms with van der Waals surface area (Å²) in [6, 6.07) is 6.50. The summed E-state index contributed by atoms with van der Waals surface area (Å²) in [5, 5.41) is 3.43. The predicted molar refractivity (Wildman–Crippen MR) is 101 cm³/mol. The molecule has 0 spiro atoms. The van der Waals surface area contributed by atoms with Gasteiger partial charge in [-0.1, -0.05) is 13.8 Å². The quantitative estimate of drug-likeness (QED) is 0.836. The van der Waals surface area contributed by atoms with Crippen LogP contribution in [0.4, 0.5) is 0 Å². The van der Waals surface area contributed by atoms with Crippen molar-refractivity contribution < 1.29 is 9.47 Å². The molecule has 1 saturated heterocycles. The van der Waals surface area contributed by atoms with Crippen LogP contribution in [0.15, 0.2) is 18.2 Å². The third kappa shape index (κ3) is 6.03. The Bertz CT molecular complexity index is 452. The SMILES string of the molecule is COc1ccc(OC)c([C@H](CC(C)C)N2CCNCC2)c1.Cl.Cl. The van der Waals surface area contributed by atoms with Crippen LogP contribution in [0.2, 0.25) is 0 Å². The molecule has 6 heteroatoms. The second kappa shape index (κ2) is 11.0. The minimum atomic E-state index is 0. The number of nitrogens with zero attached hydrogens (tertiary/aromatic N) is 1. The number of ether oxygens (including phenoxy) is 2. The Morgan fingerprint density at radius 2 is 1.74 bits per heavy atom. The standard InChI is InChI=1S/C17H28N2O2.2ClH/c1-13(2)11-16(19-9-7-18-8-10-19)15-12-14(20-3)5-6-17(15)21-4;;/h5-6,12-13,16,18H,7-11H2,1-4H3;2*1H/t16-;;/m0../s1. The molecule has 1 N–H and O–H groups in total. The van der Waals surface area contributed by atoms with Gasteiger partial charge in [-0.15, -0.1) is 24.8 Å². The van der Waals surface area contributed by atoms with Crippen molar-refractivity contribution in [3.05, 3.63) is 23.8 Å². The predicted octanol–water partition coefficient (Wildman–Crippen LogP) is 3.54. The molecule has 0 aromatic heterocycles. The highest BCUT2D eigenvalue weighted by atomic mass is 35.5. The van der Waals surface area contributed by atoms with Crippen molar-refractivity contribution >= 4 is 24.8 Å². The van der Waals surface area contributed by atoms with E-state index in [0.717, 1.165) is 44.1 Å². The Balaban J connectivity index is 0.00000242. The van der Waals surface area contributed by atoms with Crippen molar-refractivity contribution in [1.82, 2.24) is 10.2 Å². The third-order valence-electron chi connectivity index (χ3n) is 4.08. The molecule has 4 nitrogen and oxygen atoms in total. The zero-order valence-corrected chi connectivity index (χ0v) is 16.1. The topological polar surface area (TPSA) is 33.7 Å². The molecule has 1 fully saturated rings. The number of halogens is 2. The van der Waals surface area contributed by atoms with E-state index in [9.17, 15) is 0 Å². The summed E-state index contributed by atoms with van der Waals surface area (Å²) in [7, 11) is 3.46. The molecule has 1 aromatic carbocycles.